The smallest absolute Gasteiger partial charge is 0.407 e. The van der Waals surface area contributed by atoms with Crippen LogP contribution >= 0.6 is 11.3 Å². The van der Waals surface area contributed by atoms with E-state index >= 15 is 0 Å². The Hall–Kier alpha value is -3.52. The van der Waals surface area contributed by atoms with Crippen molar-refractivity contribution in [1.82, 2.24) is 19.9 Å². The van der Waals surface area contributed by atoms with Gasteiger partial charge in [-0.05, 0) is 36.3 Å². The fourth-order valence-electron chi connectivity index (χ4n) is 4.45. The lowest BCUT2D eigenvalue weighted by atomic mass is 9.96. The minimum atomic E-state index is -0.886. The summed E-state index contributed by atoms with van der Waals surface area (Å²) in [6, 6.07) is 14.4. The molecule has 0 radical (unpaired) electrons. The van der Waals surface area contributed by atoms with Crippen LogP contribution < -0.4 is 4.90 Å². The van der Waals surface area contributed by atoms with E-state index in [-0.39, 0.29) is 0 Å². The molecule has 0 aliphatic carbocycles. The molecule has 0 saturated carbocycles. The van der Waals surface area contributed by atoms with Crippen molar-refractivity contribution < 1.29 is 9.90 Å². The summed E-state index contributed by atoms with van der Waals surface area (Å²) in [7, 11) is 0. The van der Waals surface area contributed by atoms with E-state index in [2.05, 4.69) is 27.0 Å². The van der Waals surface area contributed by atoms with Crippen LogP contribution in [-0.4, -0.2) is 50.7 Å². The number of hydrogen-bond acceptors (Lipinski definition) is 6. The van der Waals surface area contributed by atoms with E-state index in [4.69, 9.17) is 4.98 Å². The lowest BCUT2D eigenvalue weighted by Gasteiger charge is -2.34. The molecule has 1 fully saturated rings. The van der Waals surface area contributed by atoms with E-state index < -0.39 is 6.09 Å². The summed E-state index contributed by atoms with van der Waals surface area (Å²) in [4.78, 5) is 29.1. The monoisotopic (exact) mass is 459 g/mol. The van der Waals surface area contributed by atoms with Crippen LogP contribution in [0.4, 0.5) is 10.6 Å². The van der Waals surface area contributed by atoms with Gasteiger partial charge >= 0.3 is 6.09 Å². The lowest BCUT2D eigenvalue weighted by molar-refractivity contribution is 0.129. The molecule has 3 aromatic heterocycles. The molecule has 33 heavy (non-hydrogen) atoms. The summed E-state index contributed by atoms with van der Waals surface area (Å²) in [6.45, 7) is 2.61. The number of carbonyl (C=O) groups is 1. The Kier molecular flexibility index (Phi) is 6.17. The molecule has 5 rings (SSSR count). The minimum absolute atomic E-state index is 0.335. The van der Waals surface area contributed by atoms with E-state index in [1.165, 1.54) is 16.2 Å². The first-order valence-corrected chi connectivity index (χ1v) is 12.0. The Balaban J connectivity index is 1.26. The summed E-state index contributed by atoms with van der Waals surface area (Å²) in [6.07, 6.45) is 4.74. The molecular weight excluding hydrogens is 434 g/mol. The number of aromatic nitrogens is 3. The van der Waals surface area contributed by atoms with Gasteiger partial charge in [0.2, 0.25) is 0 Å². The van der Waals surface area contributed by atoms with Gasteiger partial charge in [0.15, 0.2) is 0 Å². The molecule has 0 atom stereocenters. The number of amides is 1. The third-order valence-corrected chi connectivity index (χ3v) is 6.84. The normalized spacial score (nSPS) is 14.5. The van der Waals surface area contributed by atoms with E-state index in [0.717, 1.165) is 59.5 Å². The van der Waals surface area contributed by atoms with Crippen molar-refractivity contribution in [3.63, 3.8) is 0 Å². The van der Waals surface area contributed by atoms with Crippen molar-refractivity contribution in [3.8, 4) is 11.3 Å². The van der Waals surface area contributed by atoms with Crippen LogP contribution in [0, 0.1) is 5.92 Å². The molecule has 168 valence electrons. The van der Waals surface area contributed by atoms with E-state index in [0.29, 0.717) is 19.0 Å². The fraction of sp³-hybridized carbons (Fsp3) is 0.280. The third kappa shape index (κ3) is 4.80. The second-order valence-corrected chi connectivity index (χ2v) is 9.08. The average Bonchev–Trinajstić information content (AvgIpc) is 3.37. The van der Waals surface area contributed by atoms with Gasteiger partial charge in [0.05, 0.1) is 23.4 Å². The van der Waals surface area contributed by atoms with Crippen LogP contribution in [0.1, 0.15) is 18.5 Å². The Morgan fingerprint density at radius 3 is 2.76 bits per heavy atom. The number of nitrogens with zero attached hydrogens (tertiary/aromatic N) is 5. The number of anilines is 1. The highest BCUT2D eigenvalue weighted by Crippen LogP contribution is 2.29. The van der Waals surface area contributed by atoms with Crippen molar-refractivity contribution in [2.75, 3.05) is 24.5 Å². The highest BCUT2D eigenvalue weighted by atomic mass is 32.1. The van der Waals surface area contributed by atoms with Crippen LogP contribution in [0.5, 0.6) is 0 Å². The van der Waals surface area contributed by atoms with Gasteiger partial charge in [-0.3, -0.25) is 4.98 Å². The Bertz CT molecular complexity index is 1230. The molecule has 1 aromatic carbocycles. The molecule has 1 N–H and O–H groups in total. The molecule has 1 aliphatic heterocycles. The molecule has 7 nitrogen and oxygen atoms in total. The van der Waals surface area contributed by atoms with Crippen molar-refractivity contribution in [3.05, 3.63) is 71.4 Å². The number of thiazole rings is 1. The van der Waals surface area contributed by atoms with Crippen molar-refractivity contribution in [2.45, 2.75) is 19.4 Å². The maximum atomic E-state index is 11.7. The maximum absolute atomic E-state index is 11.7. The zero-order chi connectivity index (χ0) is 22.6. The zero-order valence-corrected chi connectivity index (χ0v) is 19.0. The highest BCUT2D eigenvalue weighted by molar-refractivity contribution is 7.07. The summed E-state index contributed by atoms with van der Waals surface area (Å²) in [5.41, 5.74) is 4.50. The van der Waals surface area contributed by atoms with Gasteiger partial charge < -0.3 is 14.9 Å². The molecule has 1 aliphatic rings. The van der Waals surface area contributed by atoms with Crippen molar-refractivity contribution >= 4 is 34.0 Å². The van der Waals surface area contributed by atoms with Crippen molar-refractivity contribution in [1.29, 1.82) is 0 Å². The number of rotatable bonds is 6. The maximum Gasteiger partial charge on any atom is 0.407 e. The number of hydrogen-bond donors (Lipinski definition) is 1. The van der Waals surface area contributed by atoms with E-state index in [1.54, 1.807) is 5.51 Å². The second-order valence-electron chi connectivity index (χ2n) is 8.36. The Labute approximate surface area is 196 Å². The minimum Gasteiger partial charge on any atom is -0.465 e. The van der Waals surface area contributed by atoms with Crippen LogP contribution in [0.25, 0.3) is 22.0 Å². The first-order chi connectivity index (χ1) is 16.2. The van der Waals surface area contributed by atoms with Crippen LogP contribution in [-0.2, 0) is 6.54 Å². The number of fused-ring (bicyclic) bond motifs is 1. The molecule has 8 heteroatoms. The zero-order valence-electron chi connectivity index (χ0n) is 18.2. The molecule has 0 spiro atoms. The second kappa shape index (κ2) is 9.54. The highest BCUT2D eigenvalue weighted by Gasteiger charge is 2.25. The third-order valence-electron chi connectivity index (χ3n) is 6.20. The van der Waals surface area contributed by atoms with Crippen LogP contribution in [0.15, 0.2) is 65.7 Å². The first kappa shape index (κ1) is 21.3. The molecule has 0 bridgehead atoms. The Morgan fingerprint density at radius 2 is 1.97 bits per heavy atom. The summed E-state index contributed by atoms with van der Waals surface area (Å²) in [5, 5.41) is 13.8. The predicted octanol–water partition coefficient (Wildman–Crippen LogP) is 5.15. The molecular formula is C25H25N5O2S. The molecule has 4 aromatic rings. The van der Waals surface area contributed by atoms with Gasteiger partial charge in [-0.25, -0.2) is 14.8 Å². The number of piperidine rings is 1. The quantitative estimate of drug-likeness (QED) is 0.429. The largest absolute Gasteiger partial charge is 0.465 e. The van der Waals surface area contributed by atoms with Gasteiger partial charge in [0, 0.05) is 48.4 Å². The average molecular weight is 460 g/mol. The standard InChI is InChI=1S/C25H25N5O2S/c31-25(32)30(15-20-16-33-17-27-20)14-18-8-10-29(11-9-18)24-7-3-6-23(28-24)22-13-26-12-19-4-1-2-5-21(19)22/h1-7,12-13,16-18H,8-11,14-15H2,(H,31,32). The van der Waals surface area contributed by atoms with Crippen molar-refractivity contribution in [2.24, 2.45) is 5.92 Å². The Morgan fingerprint density at radius 1 is 1.12 bits per heavy atom. The first-order valence-electron chi connectivity index (χ1n) is 11.1. The van der Waals surface area contributed by atoms with Gasteiger partial charge in [-0.2, -0.15) is 0 Å². The number of pyridine rings is 2. The number of carboxylic acid groups (broad SMARTS) is 1. The van der Waals surface area contributed by atoms with Crippen LogP contribution in [0.2, 0.25) is 0 Å². The van der Waals surface area contributed by atoms with E-state index in [9.17, 15) is 9.90 Å². The summed E-state index contributed by atoms with van der Waals surface area (Å²) in [5.74, 6) is 1.29. The van der Waals surface area contributed by atoms with E-state index in [1.807, 2.05) is 48.1 Å². The van der Waals surface area contributed by atoms with Crippen LogP contribution in [0.3, 0.4) is 0 Å². The molecule has 1 saturated heterocycles. The van der Waals surface area contributed by atoms with Gasteiger partial charge in [-0.15, -0.1) is 11.3 Å². The fourth-order valence-corrected chi connectivity index (χ4v) is 5.00. The lowest BCUT2D eigenvalue weighted by Crippen LogP contribution is -2.40. The molecule has 1 amide bonds. The SMILES string of the molecule is O=C(O)N(Cc1cscn1)CC1CCN(c2cccc(-c3cncc4ccccc34)n2)CC1. The molecule has 0 unspecified atom stereocenters. The topological polar surface area (TPSA) is 82.5 Å². The number of benzene rings is 1. The molecule has 4 heterocycles. The predicted molar refractivity (Wildman–Crippen MR) is 130 cm³/mol. The summed E-state index contributed by atoms with van der Waals surface area (Å²) < 4.78 is 0. The van der Waals surface area contributed by atoms with Gasteiger partial charge in [0.1, 0.15) is 5.82 Å². The van der Waals surface area contributed by atoms with Gasteiger partial charge in [0.25, 0.3) is 0 Å². The van der Waals surface area contributed by atoms with Gasteiger partial charge in [-0.1, -0.05) is 30.3 Å². The summed E-state index contributed by atoms with van der Waals surface area (Å²) >= 11 is 1.49.